The molecule has 17 heavy (non-hydrogen) atoms. The van der Waals surface area contributed by atoms with E-state index in [0.717, 1.165) is 17.8 Å². The summed E-state index contributed by atoms with van der Waals surface area (Å²) in [5, 5.41) is 1.23. The van der Waals surface area contributed by atoms with Crippen molar-refractivity contribution >= 4 is 17.0 Å². The number of hydrogen-bond donors (Lipinski definition) is 1. The van der Waals surface area contributed by atoms with Crippen molar-refractivity contribution in [1.29, 1.82) is 0 Å². The van der Waals surface area contributed by atoms with E-state index >= 15 is 0 Å². The van der Waals surface area contributed by atoms with Crippen LogP contribution in [-0.4, -0.2) is 4.98 Å². The Balaban J connectivity index is 2.11. The van der Waals surface area contributed by atoms with Crippen LogP contribution in [0.3, 0.4) is 0 Å². The first-order valence-electron chi connectivity index (χ1n) is 5.84. The zero-order chi connectivity index (χ0) is 12.4. The molecule has 2 aromatic rings. The van der Waals surface area contributed by atoms with Crippen molar-refractivity contribution in [3.8, 4) is 0 Å². The first-order chi connectivity index (χ1) is 8.06. The van der Waals surface area contributed by atoms with Crippen LogP contribution in [0.25, 0.3) is 0 Å². The smallest absolute Gasteiger partial charge is 0.0962 e. The second kappa shape index (κ2) is 4.88. The van der Waals surface area contributed by atoms with E-state index in [9.17, 15) is 0 Å². The summed E-state index contributed by atoms with van der Waals surface area (Å²) in [5.41, 5.74) is 8.98. The first kappa shape index (κ1) is 12.1. The summed E-state index contributed by atoms with van der Waals surface area (Å²) in [6.07, 6.45) is 1.02. The Labute approximate surface area is 107 Å². The lowest BCUT2D eigenvalue weighted by Crippen LogP contribution is -1.98. The van der Waals surface area contributed by atoms with Gasteiger partial charge in [-0.05, 0) is 38.0 Å². The number of nitrogens with zero attached hydrogens (tertiary/aromatic N) is 1. The van der Waals surface area contributed by atoms with E-state index in [1.807, 2.05) is 23.5 Å². The molecular weight excluding hydrogens is 228 g/mol. The second-order valence-electron chi connectivity index (χ2n) is 4.54. The van der Waals surface area contributed by atoms with Gasteiger partial charge in [-0.1, -0.05) is 19.1 Å². The highest BCUT2D eigenvalue weighted by molar-refractivity contribution is 7.11. The molecule has 0 amide bonds. The van der Waals surface area contributed by atoms with E-state index in [4.69, 9.17) is 5.73 Å². The van der Waals surface area contributed by atoms with E-state index in [-0.39, 0.29) is 0 Å². The number of nitrogens with two attached hydrogens (primary N) is 1. The van der Waals surface area contributed by atoms with E-state index in [0.29, 0.717) is 5.92 Å². The Morgan fingerprint density at radius 3 is 2.41 bits per heavy atom. The minimum atomic E-state index is 0.469. The summed E-state index contributed by atoms with van der Waals surface area (Å²) >= 11 is 1.81. The summed E-state index contributed by atoms with van der Waals surface area (Å²) < 4.78 is 0. The third kappa shape index (κ3) is 2.86. The molecule has 1 aromatic carbocycles. The average molecular weight is 246 g/mol. The maximum atomic E-state index is 5.68. The van der Waals surface area contributed by atoms with Crippen molar-refractivity contribution in [2.24, 2.45) is 0 Å². The molecule has 0 bridgehead atoms. The molecule has 1 heterocycles. The summed E-state index contributed by atoms with van der Waals surface area (Å²) in [4.78, 5) is 5.94. The minimum absolute atomic E-state index is 0.469. The molecule has 1 atom stereocenters. The van der Waals surface area contributed by atoms with Gasteiger partial charge >= 0.3 is 0 Å². The SMILES string of the molecule is Cc1nc(C(C)Cc2ccc(N)cc2)sc1C. The lowest BCUT2D eigenvalue weighted by Gasteiger charge is -2.08. The van der Waals surface area contributed by atoms with Crippen molar-refractivity contribution in [1.82, 2.24) is 4.98 Å². The summed E-state index contributed by atoms with van der Waals surface area (Å²) in [7, 11) is 0. The molecule has 1 unspecified atom stereocenters. The maximum Gasteiger partial charge on any atom is 0.0962 e. The van der Waals surface area contributed by atoms with Gasteiger partial charge in [0.05, 0.1) is 10.7 Å². The highest BCUT2D eigenvalue weighted by atomic mass is 32.1. The van der Waals surface area contributed by atoms with Gasteiger partial charge in [0.1, 0.15) is 0 Å². The number of anilines is 1. The van der Waals surface area contributed by atoms with Crippen molar-refractivity contribution in [2.75, 3.05) is 5.73 Å². The topological polar surface area (TPSA) is 38.9 Å². The number of benzene rings is 1. The van der Waals surface area contributed by atoms with Gasteiger partial charge in [0.15, 0.2) is 0 Å². The van der Waals surface area contributed by atoms with Gasteiger partial charge in [0.2, 0.25) is 0 Å². The van der Waals surface area contributed by atoms with E-state index < -0.39 is 0 Å². The van der Waals surface area contributed by atoms with E-state index in [2.05, 4.69) is 37.9 Å². The number of thiazole rings is 1. The summed E-state index contributed by atoms with van der Waals surface area (Å²) in [6, 6.07) is 8.11. The second-order valence-corrected chi connectivity index (χ2v) is 5.78. The highest BCUT2D eigenvalue weighted by Crippen LogP contribution is 2.26. The fourth-order valence-corrected chi connectivity index (χ4v) is 2.78. The van der Waals surface area contributed by atoms with Gasteiger partial charge in [0, 0.05) is 16.5 Å². The van der Waals surface area contributed by atoms with E-state index in [1.165, 1.54) is 15.4 Å². The zero-order valence-electron chi connectivity index (χ0n) is 10.5. The van der Waals surface area contributed by atoms with Crippen LogP contribution in [0.2, 0.25) is 0 Å². The van der Waals surface area contributed by atoms with Crippen molar-refractivity contribution < 1.29 is 0 Å². The predicted octanol–water partition coefficient (Wildman–Crippen LogP) is 3.69. The Morgan fingerprint density at radius 2 is 1.88 bits per heavy atom. The third-order valence-corrected chi connectivity index (χ3v) is 4.29. The van der Waals surface area contributed by atoms with E-state index in [1.54, 1.807) is 0 Å². The van der Waals surface area contributed by atoms with Gasteiger partial charge in [-0.2, -0.15) is 0 Å². The monoisotopic (exact) mass is 246 g/mol. The number of rotatable bonds is 3. The van der Waals surface area contributed by atoms with Crippen LogP contribution in [0.4, 0.5) is 5.69 Å². The summed E-state index contributed by atoms with van der Waals surface area (Å²) in [6.45, 7) is 6.44. The molecule has 0 fully saturated rings. The maximum absolute atomic E-state index is 5.68. The largest absolute Gasteiger partial charge is 0.399 e. The van der Waals surface area contributed by atoms with Gasteiger partial charge < -0.3 is 5.73 Å². The molecule has 1 aromatic heterocycles. The van der Waals surface area contributed by atoms with Crippen LogP contribution in [0.15, 0.2) is 24.3 Å². The number of aryl methyl sites for hydroxylation is 2. The Morgan fingerprint density at radius 1 is 1.24 bits per heavy atom. The van der Waals surface area contributed by atoms with Gasteiger partial charge in [-0.15, -0.1) is 11.3 Å². The fourth-order valence-electron chi connectivity index (χ4n) is 1.80. The van der Waals surface area contributed by atoms with Crippen LogP contribution in [0, 0.1) is 13.8 Å². The molecule has 90 valence electrons. The fraction of sp³-hybridized carbons (Fsp3) is 0.357. The molecule has 0 radical (unpaired) electrons. The summed E-state index contributed by atoms with van der Waals surface area (Å²) in [5.74, 6) is 0.469. The molecule has 0 saturated heterocycles. The normalized spacial score (nSPS) is 12.6. The predicted molar refractivity (Wildman–Crippen MR) is 74.6 cm³/mol. The molecule has 0 spiro atoms. The molecular formula is C14H18N2S. The quantitative estimate of drug-likeness (QED) is 0.839. The molecule has 0 aliphatic carbocycles. The van der Waals surface area contributed by atoms with Crippen molar-refractivity contribution in [3.63, 3.8) is 0 Å². The number of nitrogen functional groups attached to an aromatic ring is 1. The first-order valence-corrected chi connectivity index (χ1v) is 6.66. The Bertz CT molecular complexity index is 480. The third-order valence-electron chi connectivity index (χ3n) is 2.99. The molecule has 3 heteroatoms. The van der Waals surface area contributed by atoms with Crippen molar-refractivity contribution in [3.05, 3.63) is 45.4 Å². The highest BCUT2D eigenvalue weighted by Gasteiger charge is 2.12. The molecule has 2 rings (SSSR count). The van der Waals surface area contributed by atoms with Gasteiger partial charge in [-0.3, -0.25) is 0 Å². The molecule has 0 aliphatic heterocycles. The standard InChI is InChI=1S/C14H18N2S/c1-9(14-16-10(2)11(3)17-14)8-12-4-6-13(15)7-5-12/h4-7,9H,8,15H2,1-3H3. The van der Waals surface area contributed by atoms with Gasteiger partial charge in [0.25, 0.3) is 0 Å². The number of hydrogen-bond acceptors (Lipinski definition) is 3. The molecule has 2 nitrogen and oxygen atoms in total. The van der Waals surface area contributed by atoms with Crippen LogP contribution >= 0.6 is 11.3 Å². The lowest BCUT2D eigenvalue weighted by atomic mass is 10.0. The average Bonchev–Trinajstić information content (AvgIpc) is 2.63. The lowest BCUT2D eigenvalue weighted by molar-refractivity contribution is 0.748. The van der Waals surface area contributed by atoms with Crippen molar-refractivity contribution in [2.45, 2.75) is 33.1 Å². The van der Waals surface area contributed by atoms with Crippen LogP contribution in [0.1, 0.15) is 34.0 Å². The molecule has 0 saturated carbocycles. The molecule has 0 aliphatic rings. The van der Waals surface area contributed by atoms with Crippen LogP contribution in [-0.2, 0) is 6.42 Å². The molecule has 2 N–H and O–H groups in total. The Hall–Kier alpha value is -1.35. The Kier molecular flexibility index (Phi) is 3.48. The zero-order valence-corrected chi connectivity index (χ0v) is 11.3. The van der Waals surface area contributed by atoms with Crippen LogP contribution < -0.4 is 5.73 Å². The number of aromatic nitrogens is 1. The van der Waals surface area contributed by atoms with Crippen LogP contribution in [0.5, 0.6) is 0 Å². The minimum Gasteiger partial charge on any atom is -0.399 e. The van der Waals surface area contributed by atoms with Gasteiger partial charge in [-0.25, -0.2) is 4.98 Å².